The van der Waals surface area contributed by atoms with Crippen molar-refractivity contribution in [1.82, 2.24) is 0 Å². The Bertz CT molecular complexity index is 608. The van der Waals surface area contributed by atoms with E-state index in [0.29, 0.717) is 10.6 Å². The molecular formula is C12H10ClNO3S. The molecule has 0 bridgehead atoms. The van der Waals surface area contributed by atoms with Gasteiger partial charge in [-0.1, -0.05) is 0 Å². The van der Waals surface area contributed by atoms with Crippen molar-refractivity contribution in [3.63, 3.8) is 0 Å². The maximum absolute atomic E-state index is 11.4. The molecule has 0 saturated heterocycles. The lowest BCUT2D eigenvalue weighted by Gasteiger charge is -2.02. The summed E-state index contributed by atoms with van der Waals surface area (Å²) in [5, 5.41) is 3.54. The van der Waals surface area contributed by atoms with E-state index in [1.165, 1.54) is 18.4 Å². The Labute approximate surface area is 113 Å². The molecule has 2 aromatic rings. The van der Waals surface area contributed by atoms with Crippen molar-refractivity contribution in [2.24, 2.45) is 0 Å². The van der Waals surface area contributed by atoms with Crippen molar-refractivity contribution in [3.8, 4) is 0 Å². The number of nitrogens with one attached hydrogen (secondary N) is 1. The average molecular weight is 284 g/mol. The molecule has 0 aliphatic rings. The van der Waals surface area contributed by atoms with Crippen LogP contribution in [0.1, 0.15) is 9.67 Å². The molecular weight excluding hydrogens is 274 g/mol. The van der Waals surface area contributed by atoms with Gasteiger partial charge in [-0.2, -0.15) is 0 Å². The van der Waals surface area contributed by atoms with Crippen LogP contribution in [-0.2, 0) is 9.53 Å². The maximum atomic E-state index is 11.4. The second kappa shape index (κ2) is 5.37. The van der Waals surface area contributed by atoms with Gasteiger partial charge in [0, 0.05) is 10.4 Å². The number of esters is 1. The van der Waals surface area contributed by atoms with Crippen LogP contribution >= 0.6 is 22.9 Å². The molecule has 1 amide bonds. The number of rotatable bonds is 3. The first-order valence-corrected chi connectivity index (χ1v) is 6.47. The number of alkyl halides is 1. The number of carbonyl (C=O) groups is 2. The minimum Gasteiger partial charge on any atom is -0.465 e. The summed E-state index contributed by atoms with van der Waals surface area (Å²) in [6.45, 7) is 0. The SMILES string of the molecule is COC(=O)c1cc2cc(NC(=O)CCl)ccc2s1. The molecule has 1 N–H and O–H groups in total. The van der Waals surface area contributed by atoms with Gasteiger partial charge in [-0.05, 0) is 29.7 Å². The lowest BCUT2D eigenvalue weighted by atomic mass is 10.2. The van der Waals surface area contributed by atoms with Crippen molar-refractivity contribution in [2.45, 2.75) is 0 Å². The monoisotopic (exact) mass is 283 g/mol. The number of amides is 1. The quantitative estimate of drug-likeness (QED) is 0.696. The summed E-state index contributed by atoms with van der Waals surface area (Å²) in [6, 6.07) is 7.14. The molecule has 6 heteroatoms. The van der Waals surface area contributed by atoms with Gasteiger partial charge in [0.2, 0.25) is 5.91 Å². The predicted octanol–water partition coefficient (Wildman–Crippen LogP) is 2.87. The number of halogens is 1. The molecule has 1 aromatic heterocycles. The number of ether oxygens (including phenoxy) is 1. The lowest BCUT2D eigenvalue weighted by molar-refractivity contribution is -0.113. The van der Waals surface area contributed by atoms with Gasteiger partial charge in [-0.15, -0.1) is 22.9 Å². The van der Waals surface area contributed by atoms with Crippen LogP contribution in [0.3, 0.4) is 0 Å². The van der Waals surface area contributed by atoms with E-state index in [9.17, 15) is 9.59 Å². The van der Waals surface area contributed by atoms with E-state index < -0.39 is 0 Å². The largest absolute Gasteiger partial charge is 0.465 e. The molecule has 0 aliphatic heterocycles. The van der Waals surface area contributed by atoms with Crippen molar-refractivity contribution < 1.29 is 14.3 Å². The molecule has 94 valence electrons. The summed E-state index contributed by atoms with van der Waals surface area (Å²) in [5.41, 5.74) is 0.655. The normalized spacial score (nSPS) is 10.3. The highest BCUT2D eigenvalue weighted by Crippen LogP contribution is 2.28. The number of hydrogen-bond donors (Lipinski definition) is 1. The summed E-state index contributed by atoms with van der Waals surface area (Å²) in [7, 11) is 1.35. The van der Waals surface area contributed by atoms with Crippen molar-refractivity contribution >= 4 is 50.6 Å². The van der Waals surface area contributed by atoms with Gasteiger partial charge >= 0.3 is 5.97 Å². The first-order chi connectivity index (χ1) is 8.63. The van der Waals surface area contributed by atoms with E-state index in [2.05, 4.69) is 10.1 Å². The summed E-state index contributed by atoms with van der Waals surface area (Å²) in [5.74, 6) is -0.711. The number of anilines is 1. The highest BCUT2D eigenvalue weighted by Gasteiger charge is 2.10. The zero-order chi connectivity index (χ0) is 13.1. The number of fused-ring (bicyclic) bond motifs is 1. The minimum atomic E-state index is -0.359. The molecule has 0 fully saturated rings. The zero-order valence-corrected chi connectivity index (χ0v) is 11.1. The Balaban J connectivity index is 2.33. The first-order valence-electron chi connectivity index (χ1n) is 5.12. The second-order valence-electron chi connectivity index (χ2n) is 3.54. The minimum absolute atomic E-state index is 0.0882. The third kappa shape index (κ3) is 2.63. The zero-order valence-electron chi connectivity index (χ0n) is 9.53. The van der Waals surface area contributed by atoms with Crippen LogP contribution < -0.4 is 5.32 Å². The summed E-state index contributed by atoms with van der Waals surface area (Å²) in [6.07, 6.45) is 0. The Morgan fingerprint density at radius 2 is 2.17 bits per heavy atom. The van der Waals surface area contributed by atoms with Crippen LogP contribution in [0.4, 0.5) is 5.69 Å². The van der Waals surface area contributed by atoms with Gasteiger partial charge in [0.1, 0.15) is 10.8 Å². The summed E-state index contributed by atoms with van der Waals surface area (Å²) in [4.78, 5) is 23.1. The molecule has 2 rings (SSSR count). The van der Waals surface area contributed by atoms with E-state index in [0.717, 1.165) is 10.1 Å². The van der Waals surface area contributed by atoms with E-state index in [4.69, 9.17) is 11.6 Å². The third-order valence-corrected chi connectivity index (χ3v) is 3.65. The predicted molar refractivity (Wildman–Crippen MR) is 72.5 cm³/mol. The lowest BCUT2D eigenvalue weighted by Crippen LogP contribution is -2.12. The van der Waals surface area contributed by atoms with E-state index >= 15 is 0 Å². The molecule has 1 heterocycles. The average Bonchev–Trinajstić information content (AvgIpc) is 2.80. The highest BCUT2D eigenvalue weighted by molar-refractivity contribution is 7.20. The van der Waals surface area contributed by atoms with Gasteiger partial charge in [-0.25, -0.2) is 4.79 Å². The number of hydrogen-bond acceptors (Lipinski definition) is 4. The number of methoxy groups -OCH3 is 1. The van der Waals surface area contributed by atoms with Crippen molar-refractivity contribution in [2.75, 3.05) is 18.3 Å². The fourth-order valence-corrected chi connectivity index (χ4v) is 2.54. The van der Waals surface area contributed by atoms with Crippen LogP contribution in [0.5, 0.6) is 0 Å². The summed E-state index contributed by atoms with van der Waals surface area (Å²) < 4.78 is 5.62. The van der Waals surface area contributed by atoms with Gasteiger partial charge in [0.05, 0.1) is 7.11 Å². The molecule has 1 aromatic carbocycles. The number of carbonyl (C=O) groups excluding carboxylic acids is 2. The van der Waals surface area contributed by atoms with Crippen LogP contribution in [0, 0.1) is 0 Å². The molecule has 18 heavy (non-hydrogen) atoms. The molecule has 0 atom stereocenters. The Morgan fingerprint density at radius 1 is 1.39 bits per heavy atom. The highest BCUT2D eigenvalue weighted by atomic mass is 35.5. The van der Waals surface area contributed by atoms with Crippen LogP contribution in [0.2, 0.25) is 0 Å². The number of benzene rings is 1. The van der Waals surface area contributed by atoms with Gasteiger partial charge in [0.25, 0.3) is 0 Å². The van der Waals surface area contributed by atoms with Crippen LogP contribution in [-0.4, -0.2) is 24.9 Å². The fourth-order valence-electron chi connectivity index (χ4n) is 1.52. The Kier molecular flexibility index (Phi) is 3.84. The molecule has 0 aliphatic carbocycles. The second-order valence-corrected chi connectivity index (χ2v) is 4.89. The third-order valence-electron chi connectivity index (χ3n) is 2.31. The Morgan fingerprint density at radius 3 is 2.83 bits per heavy atom. The Hall–Kier alpha value is -1.59. The van der Waals surface area contributed by atoms with E-state index in [-0.39, 0.29) is 17.8 Å². The maximum Gasteiger partial charge on any atom is 0.348 e. The van der Waals surface area contributed by atoms with Gasteiger partial charge in [0.15, 0.2) is 0 Å². The van der Waals surface area contributed by atoms with E-state index in [1.807, 2.05) is 6.07 Å². The smallest absolute Gasteiger partial charge is 0.348 e. The molecule has 0 saturated carbocycles. The van der Waals surface area contributed by atoms with Crippen molar-refractivity contribution in [3.05, 3.63) is 29.1 Å². The number of thiophene rings is 1. The van der Waals surface area contributed by atoms with Gasteiger partial charge < -0.3 is 10.1 Å². The standard InChI is InChI=1S/C12H10ClNO3S/c1-17-12(16)10-5-7-4-8(14-11(15)6-13)2-3-9(7)18-10/h2-5H,6H2,1H3,(H,14,15). The molecule has 0 radical (unpaired) electrons. The molecule has 0 unspecified atom stereocenters. The van der Waals surface area contributed by atoms with Crippen LogP contribution in [0.25, 0.3) is 10.1 Å². The van der Waals surface area contributed by atoms with Gasteiger partial charge in [-0.3, -0.25) is 4.79 Å². The fraction of sp³-hybridized carbons (Fsp3) is 0.167. The molecule has 0 spiro atoms. The van der Waals surface area contributed by atoms with Crippen LogP contribution in [0.15, 0.2) is 24.3 Å². The van der Waals surface area contributed by atoms with E-state index in [1.54, 1.807) is 18.2 Å². The first kappa shape index (κ1) is 12.9. The molecule has 4 nitrogen and oxygen atoms in total. The van der Waals surface area contributed by atoms with Crippen molar-refractivity contribution in [1.29, 1.82) is 0 Å². The summed E-state index contributed by atoms with van der Waals surface area (Å²) >= 11 is 6.76. The topological polar surface area (TPSA) is 55.4 Å².